The molecule has 0 radical (unpaired) electrons. The number of hydrogen-bond acceptors (Lipinski definition) is 3. The molecule has 1 aliphatic carbocycles. The number of nitrogens with zero attached hydrogens (tertiary/aromatic N) is 1. The number of carbonyl (C=O) groups is 2. The van der Waals surface area contributed by atoms with Gasteiger partial charge in [-0.1, -0.05) is 18.2 Å². The first-order valence-electron chi connectivity index (χ1n) is 10.5. The van der Waals surface area contributed by atoms with Gasteiger partial charge < -0.3 is 14.5 Å². The van der Waals surface area contributed by atoms with Crippen molar-refractivity contribution in [3.63, 3.8) is 0 Å². The van der Waals surface area contributed by atoms with Gasteiger partial charge in [-0.3, -0.25) is 4.79 Å². The number of piperidine rings is 1. The molecule has 1 atom stereocenters. The van der Waals surface area contributed by atoms with Gasteiger partial charge in [0.2, 0.25) is 0 Å². The summed E-state index contributed by atoms with van der Waals surface area (Å²) in [7, 11) is 3.72. The van der Waals surface area contributed by atoms with Gasteiger partial charge in [0.05, 0.1) is 20.1 Å². The van der Waals surface area contributed by atoms with E-state index in [1.165, 1.54) is 13.1 Å². The summed E-state index contributed by atoms with van der Waals surface area (Å²) >= 11 is 0. The molecule has 1 unspecified atom stereocenters. The smallest absolute Gasteiger partial charge is 0.410 e. The highest BCUT2D eigenvalue weighted by atomic mass is 19.1. The number of ketones is 1. The summed E-state index contributed by atoms with van der Waals surface area (Å²) in [5, 5.41) is 2.41. The molecule has 0 aromatic heterocycles. The quantitative estimate of drug-likeness (QED) is 0.775. The maximum Gasteiger partial charge on any atom is 0.412 e. The van der Waals surface area contributed by atoms with Crippen molar-refractivity contribution in [3.8, 4) is 5.75 Å². The Kier molecular flexibility index (Phi) is 5.60. The molecule has 30 heavy (non-hydrogen) atoms. The predicted octanol–water partition coefficient (Wildman–Crippen LogP) is 3.96. The monoisotopic (exact) mass is 411 g/mol. The van der Waals surface area contributed by atoms with Gasteiger partial charge in [-0.2, -0.15) is 0 Å². The summed E-state index contributed by atoms with van der Waals surface area (Å²) < 4.78 is 19.6. The molecule has 0 bridgehead atoms. The fourth-order valence-corrected chi connectivity index (χ4v) is 4.94. The van der Waals surface area contributed by atoms with E-state index in [4.69, 9.17) is 4.74 Å². The van der Waals surface area contributed by atoms with E-state index in [0.29, 0.717) is 17.2 Å². The van der Waals surface area contributed by atoms with E-state index >= 15 is 0 Å². The molecule has 1 heterocycles. The standard InChI is InChI=1S/C24H27FN2O3/c1-26-24(29)30-20-7-6-18-13-21(23(28)22(18)14-20)17-8-10-27(2,11-9-17)15-16-4-3-5-19(25)12-16/h3-7,12,14,17,21H,8-11,13,15H2,1-2H3/p+1. The lowest BCUT2D eigenvalue weighted by Crippen LogP contribution is -2.50. The number of quaternary nitrogens is 1. The normalized spacial score (nSPS) is 25.6. The highest BCUT2D eigenvalue weighted by Gasteiger charge is 2.41. The van der Waals surface area contributed by atoms with Crippen LogP contribution in [0.5, 0.6) is 5.75 Å². The Morgan fingerprint density at radius 1 is 1.20 bits per heavy atom. The molecular formula is C24H28FN2O3+. The lowest BCUT2D eigenvalue weighted by molar-refractivity contribution is -0.928. The summed E-state index contributed by atoms with van der Waals surface area (Å²) in [4.78, 5) is 24.5. The van der Waals surface area contributed by atoms with Gasteiger partial charge >= 0.3 is 6.09 Å². The number of hydrogen-bond donors (Lipinski definition) is 1. The van der Waals surface area contributed by atoms with Crippen molar-refractivity contribution in [2.75, 3.05) is 27.2 Å². The zero-order valence-corrected chi connectivity index (χ0v) is 17.5. The third-order valence-electron chi connectivity index (χ3n) is 6.64. The molecule has 2 aromatic rings. The van der Waals surface area contributed by atoms with Gasteiger partial charge in [-0.25, -0.2) is 9.18 Å². The maximum atomic E-state index is 13.5. The van der Waals surface area contributed by atoms with E-state index in [2.05, 4.69) is 12.4 Å². The van der Waals surface area contributed by atoms with E-state index in [-0.39, 0.29) is 17.5 Å². The van der Waals surface area contributed by atoms with Gasteiger partial charge in [0.25, 0.3) is 0 Å². The van der Waals surface area contributed by atoms with Crippen LogP contribution in [-0.4, -0.2) is 43.5 Å². The Morgan fingerprint density at radius 3 is 2.67 bits per heavy atom. The molecule has 2 aliphatic rings. The number of halogens is 1. The largest absolute Gasteiger partial charge is 0.412 e. The van der Waals surface area contributed by atoms with E-state index in [1.807, 2.05) is 12.1 Å². The van der Waals surface area contributed by atoms with Crippen LogP contribution < -0.4 is 10.1 Å². The summed E-state index contributed by atoms with van der Waals surface area (Å²) in [6.45, 7) is 2.77. The zero-order chi connectivity index (χ0) is 21.3. The molecule has 5 nitrogen and oxygen atoms in total. The van der Waals surface area contributed by atoms with Crippen LogP contribution in [0.15, 0.2) is 42.5 Å². The van der Waals surface area contributed by atoms with Crippen molar-refractivity contribution in [2.24, 2.45) is 11.8 Å². The van der Waals surface area contributed by atoms with Crippen molar-refractivity contribution < 1.29 is 23.2 Å². The first-order chi connectivity index (χ1) is 14.4. The van der Waals surface area contributed by atoms with Crippen LogP contribution >= 0.6 is 0 Å². The number of likely N-dealkylation sites (tertiary alicyclic amines) is 1. The van der Waals surface area contributed by atoms with Crippen molar-refractivity contribution in [1.82, 2.24) is 5.32 Å². The Morgan fingerprint density at radius 2 is 1.97 bits per heavy atom. The fourth-order valence-electron chi connectivity index (χ4n) is 4.94. The summed E-state index contributed by atoms with van der Waals surface area (Å²) in [5.41, 5.74) is 2.74. The predicted molar refractivity (Wildman–Crippen MR) is 112 cm³/mol. The molecule has 158 valence electrons. The number of ether oxygens (including phenoxy) is 1. The van der Waals surface area contributed by atoms with Gasteiger partial charge in [-0.05, 0) is 42.2 Å². The molecule has 1 aliphatic heterocycles. The number of Topliss-reactive ketones (excluding diaryl/α,β-unsaturated/α-hetero) is 1. The second-order valence-electron chi connectivity index (χ2n) is 8.83. The van der Waals surface area contributed by atoms with E-state index < -0.39 is 6.09 Å². The molecular weight excluding hydrogens is 383 g/mol. The maximum absolute atomic E-state index is 13.5. The topological polar surface area (TPSA) is 55.4 Å². The molecule has 1 fully saturated rings. The average Bonchev–Trinajstić information content (AvgIpc) is 3.04. The second kappa shape index (κ2) is 8.19. The van der Waals surface area contributed by atoms with Crippen LogP contribution in [0.2, 0.25) is 0 Å². The zero-order valence-electron chi connectivity index (χ0n) is 17.5. The first-order valence-corrected chi connectivity index (χ1v) is 10.5. The number of nitrogens with one attached hydrogen (secondary N) is 1. The van der Waals surface area contributed by atoms with Crippen LogP contribution in [-0.2, 0) is 13.0 Å². The fraction of sp³-hybridized carbons (Fsp3) is 0.417. The lowest BCUT2D eigenvalue weighted by Gasteiger charge is -2.42. The van der Waals surface area contributed by atoms with Crippen LogP contribution in [0.4, 0.5) is 9.18 Å². The highest BCUT2D eigenvalue weighted by Crippen LogP contribution is 2.39. The molecule has 2 aromatic carbocycles. The molecule has 1 N–H and O–H groups in total. The van der Waals surface area contributed by atoms with E-state index in [0.717, 1.165) is 54.5 Å². The molecule has 1 amide bonds. The minimum atomic E-state index is -0.542. The summed E-state index contributed by atoms with van der Waals surface area (Å²) in [6.07, 6.45) is 2.18. The van der Waals surface area contributed by atoms with Crippen molar-refractivity contribution >= 4 is 11.9 Å². The summed E-state index contributed by atoms with van der Waals surface area (Å²) in [5.74, 6) is 0.719. The van der Waals surface area contributed by atoms with Gasteiger partial charge in [0.15, 0.2) is 5.78 Å². The first kappa shape index (κ1) is 20.5. The van der Waals surface area contributed by atoms with Crippen molar-refractivity contribution in [1.29, 1.82) is 0 Å². The number of rotatable bonds is 4. The van der Waals surface area contributed by atoms with Crippen LogP contribution in [0, 0.1) is 17.7 Å². The SMILES string of the molecule is CNC(=O)Oc1ccc2c(c1)C(=O)C(C1CC[N+](C)(Cc3cccc(F)c3)CC1)C2. The third-order valence-corrected chi connectivity index (χ3v) is 6.64. The van der Waals surface area contributed by atoms with Crippen LogP contribution in [0.3, 0.4) is 0 Å². The minimum absolute atomic E-state index is 0.00169. The number of amides is 1. The average molecular weight is 411 g/mol. The molecule has 0 saturated carbocycles. The molecule has 0 spiro atoms. The Hall–Kier alpha value is -2.73. The lowest BCUT2D eigenvalue weighted by atomic mass is 9.81. The van der Waals surface area contributed by atoms with Crippen LogP contribution in [0.1, 0.15) is 34.3 Å². The van der Waals surface area contributed by atoms with Gasteiger partial charge in [-0.15, -0.1) is 0 Å². The Labute approximate surface area is 176 Å². The van der Waals surface area contributed by atoms with Crippen LogP contribution in [0.25, 0.3) is 0 Å². The van der Waals surface area contributed by atoms with Crippen molar-refractivity contribution in [2.45, 2.75) is 25.8 Å². The second-order valence-corrected chi connectivity index (χ2v) is 8.83. The van der Waals surface area contributed by atoms with Gasteiger partial charge in [0.1, 0.15) is 18.1 Å². The van der Waals surface area contributed by atoms with Gasteiger partial charge in [0, 0.05) is 36.9 Å². The Bertz CT molecular complexity index is 967. The molecule has 4 rings (SSSR count). The third kappa shape index (κ3) is 4.24. The summed E-state index contributed by atoms with van der Waals surface area (Å²) in [6, 6.07) is 12.2. The Balaban J connectivity index is 1.40. The van der Waals surface area contributed by atoms with E-state index in [1.54, 1.807) is 24.3 Å². The van der Waals surface area contributed by atoms with Crippen molar-refractivity contribution in [3.05, 3.63) is 65.0 Å². The highest BCUT2D eigenvalue weighted by molar-refractivity contribution is 6.02. The number of fused-ring (bicyclic) bond motifs is 1. The van der Waals surface area contributed by atoms with E-state index in [9.17, 15) is 14.0 Å². The number of carbonyl (C=O) groups excluding carboxylic acids is 2. The molecule has 6 heteroatoms. The number of benzene rings is 2. The minimum Gasteiger partial charge on any atom is -0.410 e. The molecule has 1 saturated heterocycles.